The highest BCUT2D eigenvalue weighted by Crippen LogP contribution is 2.31. The van der Waals surface area contributed by atoms with Crippen LogP contribution in [-0.2, 0) is 0 Å². The highest BCUT2D eigenvalue weighted by molar-refractivity contribution is 5.31. The van der Waals surface area contributed by atoms with Crippen LogP contribution in [0.1, 0.15) is 49.4 Å². The van der Waals surface area contributed by atoms with Crippen LogP contribution in [-0.4, -0.2) is 31.1 Å². The number of nitrogens with one attached hydrogen (secondary N) is 1. The summed E-state index contributed by atoms with van der Waals surface area (Å²) >= 11 is 0. The second kappa shape index (κ2) is 6.73. The minimum atomic E-state index is 0.426. The molecule has 0 aliphatic heterocycles. The quantitative estimate of drug-likeness (QED) is 0.816. The van der Waals surface area contributed by atoms with Gasteiger partial charge in [0, 0.05) is 25.2 Å². The first-order valence-corrected chi connectivity index (χ1v) is 7.99. The maximum atomic E-state index is 3.50. The smallest absolute Gasteiger partial charge is 0.0447 e. The average Bonchev–Trinajstić information content (AvgIpc) is 3.21. The number of aryl methyl sites for hydroxylation is 2. The highest BCUT2D eigenvalue weighted by atomic mass is 15.2. The van der Waals surface area contributed by atoms with Crippen LogP contribution >= 0.6 is 0 Å². The third-order valence-corrected chi connectivity index (χ3v) is 4.62. The van der Waals surface area contributed by atoms with Gasteiger partial charge in [-0.05, 0) is 70.2 Å². The van der Waals surface area contributed by atoms with Crippen LogP contribution in [0.5, 0.6) is 0 Å². The Morgan fingerprint density at radius 2 is 1.90 bits per heavy atom. The van der Waals surface area contributed by atoms with Crippen molar-refractivity contribution in [2.75, 3.05) is 20.1 Å². The lowest BCUT2D eigenvalue weighted by atomic mass is 10.0. The maximum absolute atomic E-state index is 3.50. The fourth-order valence-electron chi connectivity index (χ4n) is 2.71. The molecule has 1 aliphatic rings. The molecule has 0 aromatic heterocycles. The van der Waals surface area contributed by atoms with E-state index in [0.717, 1.165) is 12.5 Å². The van der Waals surface area contributed by atoms with E-state index in [0.29, 0.717) is 12.1 Å². The third-order valence-electron chi connectivity index (χ3n) is 4.62. The Balaban J connectivity index is 2.07. The molecule has 1 atom stereocenters. The van der Waals surface area contributed by atoms with Crippen molar-refractivity contribution in [1.29, 1.82) is 0 Å². The largest absolute Gasteiger partial charge is 0.312 e. The summed E-state index contributed by atoms with van der Waals surface area (Å²) in [6.07, 6.45) is 2.86. The summed E-state index contributed by atoms with van der Waals surface area (Å²) in [7, 11) is 2.08. The first-order valence-electron chi connectivity index (χ1n) is 7.99. The van der Waals surface area contributed by atoms with Crippen molar-refractivity contribution in [3.8, 4) is 0 Å². The zero-order valence-electron chi connectivity index (χ0n) is 13.7. The van der Waals surface area contributed by atoms with Crippen LogP contribution in [0, 0.1) is 19.8 Å². The Bertz CT molecular complexity index is 435. The molecule has 0 amide bonds. The Morgan fingerprint density at radius 1 is 1.20 bits per heavy atom. The van der Waals surface area contributed by atoms with E-state index < -0.39 is 0 Å². The average molecular weight is 274 g/mol. The first-order chi connectivity index (χ1) is 9.51. The van der Waals surface area contributed by atoms with E-state index >= 15 is 0 Å². The normalized spacial score (nSPS) is 16.9. The van der Waals surface area contributed by atoms with Crippen LogP contribution < -0.4 is 5.32 Å². The van der Waals surface area contributed by atoms with Gasteiger partial charge in [0.05, 0.1) is 0 Å². The van der Waals surface area contributed by atoms with Gasteiger partial charge in [-0.25, -0.2) is 0 Å². The van der Waals surface area contributed by atoms with Gasteiger partial charge < -0.3 is 5.32 Å². The van der Waals surface area contributed by atoms with Gasteiger partial charge in [-0.1, -0.05) is 18.2 Å². The van der Waals surface area contributed by atoms with Gasteiger partial charge in [0.25, 0.3) is 0 Å². The molecule has 1 aromatic carbocycles. The monoisotopic (exact) mass is 274 g/mol. The minimum absolute atomic E-state index is 0.426. The zero-order valence-corrected chi connectivity index (χ0v) is 13.7. The van der Waals surface area contributed by atoms with E-state index in [4.69, 9.17) is 0 Å². The van der Waals surface area contributed by atoms with Crippen molar-refractivity contribution in [1.82, 2.24) is 10.2 Å². The lowest BCUT2D eigenvalue weighted by molar-refractivity contribution is 0.192. The maximum Gasteiger partial charge on any atom is 0.0447 e. The predicted molar refractivity (Wildman–Crippen MR) is 87.1 cm³/mol. The predicted octanol–water partition coefficient (Wildman–Crippen LogP) is 3.68. The van der Waals surface area contributed by atoms with Crippen molar-refractivity contribution in [2.24, 2.45) is 5.92 Å². The van der Waals surface area contributed by atoms with Gasteiger partial charge in [-0.2, -0.15) is 0 Å². The van der Waals surface area contributed by atoms with Crippen molar-refractivity contribution < 1.29 is 0 Å². The van der Waals surface area contributed by atoms with Gasteiger partial charge in [0.1, 0.15) is 0 Å². The first kappa shape index (κ1) is 15.5. The van der Waals surface area contributed by atoms with Gasteiger partial charge >= 0.3 is 0 Å². The SMILES string of the molecule is CNC(CN(CC1CC1)C(C)C)c1ccc(C)c(C)c1. The molecule has 1 saturated carbocycles. The Labute approximate surface area is 124 Å². The number of rotatable bonds is 7. The fourth-order valence-corrected chi connectivity index (χ4v) is 2.71. The van der Waals surface area contributed by atoms with Crippen LogP contribution in [0.15, 0.2) is 18.2 Å². The summed E-state index contributed by atoms with van der Waals surface area (Å²) < 4.78 is 0. The zero-order chi connectivity index (χ0) is 14.7. The second-order valence-electron chi connectivity index (χ2n) is 6.68. The highest BCUT2D eigenvalue weighted by Gasteiger charge is 2.27. The fraction of sp³-hybridized carbons (Fsp3) is 0.667. The third kappa shape index (κ3) is 4.07. The van der Waals surface area contributed by atoms with Crippen LogP contribution in [0.25, 0.3) is 0 Å². The Kier molecular flexibility index (Phi) is 5.22. The summed E-state index contributed by atoms with van der Waals surface area (Å²) in [5.41, 5.74) is 4.18. The van der Waals surface area contributed by atoms with E-state index in [1.807, 2.05) is 0 Å². The summed E-state index contributed by atoms with van der Waals surface area (Å²) in [4.78, 5) is 2.63. The second-order valence-corrected chi connectivity index (χ2v) is 6.68. The molecule has 0 radical (unpaired) electrons. The molecule has 0 bridgehead atoms. The summed E-state index contributed by atoms with van der Waals surface area (Å²) in [6, 6.07) is 7.91. The van der Waals surface area contributed by atoms with Crippen molar-refractivity contribution in [3.05, 3.63) is 34.9 Å². The molecule has 1 aliphatic carbocycles. The molecular formula is C18H30N2. The molecule has 112 valence electrons. The van der Waals surface area contributed by atoms with E-state index in [-0.39, 0.29) is 0 Å². The molecule has 20 heavy (non-hydrogen) atoms. The molecule has 1 aromatic rings. The molecule has 0 saturated heterocycles. The van der Waals surface area contributed by atoms with Gasteiger partial charge in [-0.15, -0.1) is 0 Å². The van der Waals surface area contributed by atoms with E-state index in [2.05, 4.69) is 63.2 Å². The summed E-state index contributed by atoms with van der Waals surface area (Å²) in [5, 5.41) is 3.50. The number of likely N-dealkylation sites (N-methyl/N-ethyl adjacent to an activating group) is 1. The van der Waals surface area contributed by atoms with E-state index in [1.165, 1.54) is 36.1 Å². The number of hydrogen-bond donors (Lipinski definition) is 1. The van der Waals surface area contributed by atoms with Crippen molar-refractivity contribution in [2.45, 2.75) is 52.6 Å². The summed E-state index contributed by atoms with van der Waals surface area (Å²) in [5.74, 6) is 0.953. The van der Waals surface area contributed by atoms with E-state index in [9.17, 15) is 0 Å². The lowest BCUT2D eigenvalue weighted by Gasteiger charge is -2.31. The molecule has 2 nitrogen and oxygen atoms in total. The molecule has 2 heteroatoms. The minimum Gasteiger partial charge on any atom is -0.312 e. The number of hydrogen-bond acceptors (Lipinski definition) is 2. The van der Waals surface area contributed by atoms with Gasteiger partial charge in [-0.3, -0.25) is 4.90 Å². The molecule has 1 N–H and O–H groups in total. The van der Waals surface area contributed by atoms with Gasteiger partial charge in [0.2, 0.25) is 0 Å². The molecule has 1 unspecified atom stereocenters. The number of nitrogens with zero attached hydrogens (tertiary/aromatic N) is 1. The van der Waals surface area contributed by atoms with E-state index in [1.54, 1.807) is 0 Å². The van der Waals surface area contributed by atoms with Gasteiger partial charge in [0.15, 0.2) is 0 Å². The molecular weight excluding hydrogens is 244 g/mol. The molecule has 0 heterocycles. The van der Waals surface area contributed by atoms with Crippen molar-refractivity contribution in [3.63, 3.8) is 0 Å². The standard InChI is InChI=1S/C18H30N2/c1-13(2)20(11-16-7-8-16)12-18(19-5)17-9-6-14(3)15(4)10-17/h6,9-10,13,16,18-19H,7-8,11-12H2,1-5H3. The van der Waals surface area contributed by atoms with Crippen LogP contribution in [0.4, 0.5) is 0 Å². The van der Waals surface area contributed by atoms with Crippen molar-refractivity contribution >= 4 is 0 Å². The number of benzene rings is 1. The Morgan fingerprint density at radius 3 is 2.40 bits per heavy atom. The topological polar surface area (TPSA) is 15.3 Å². The Hall–Kier alpha value is -0.860. The molecule has 0 spiro atoms. The molecule has 2 rings (SSSR count). The lowest BCUT2D eigenvalue weighted by Crippen LogP contribution is -2.39. The summed E-state index contributed by atoms with van der Waals surface area (Å²) in [6.45, 7) is 11.4. The molecule has 1 fully saturated rings. The van der Waals surface area contributed by atoms with Crippen LogP contribution in [0.3, 0.4) is 0 Å². The van der Waals surface area contributed by atoms with Crippen LogP contribution in [0.2, 0.25) is 0 Å².